The number of sulfonamides is 1. The molecule has 0 aromatic heterocycles. The first-order valence-corrected chi connectivity index (χ1v) is 9.43. The largest absolute Gasteiger partial charge is 0.340 e. The molecule has 7 nitrogen and oxygen atoms in total. The van der Waals surface area contributed by atoms with E-state index in [2.05, 4.69) is 11.2 Å². The number of amides is 1. The molecule has 25 heavy (non-hydrogen) atoms. The number of nitrogens with one attached hydrogen (secondary N) is 2. The summed E-state index contributed by atoms with van der Waals surface area (Å²) in [4.78, 5) is 24.2. The van der Waals surface area contributed by atoms with Gasteiger partial charge >= 0.3 is 0 Å². The third kappa shape index (κ3) is 4.89. The lowest BCUT2D eigenvalue weighted by atomic mass is 10.2. The number of hydrogen-bond acceptors (Lipinski definition) is 4. The van der Waals surface area contributed by atoms with Crippen LogP contribution in [0.25, 0.3) is 0 Å². The Hall–Kier alpha value is -2.21. The highest BCUT2D eigenvalue weighted by Crippen LogP contribution is 2.16. The number of terminal acetylenes is 1. The van der Waals surface area contributed by atoms with Crippen molar-refractivity contribution >= 4 is 21.7 Å². The van der Waals surface area contributed by atoms with Gasteiger partial charge in [-0.1, -0.05) is 18.1 Å². The first-order chi connectivity index (χ1) is 11.8. The minimum atomic E-state index is -3.59. The third-order valence-corrected chi connectivity index (χ3v) is 6.04. The van der Waals surface area contributed by atoms with Crippen molar-refractivity contribution in [3.63, 3.8) is 0 Å². The number of hydrogen-bond donors (Lipinski definition) is 2. The zero-order valence-electron chi connectivity index (χ0n) is 14.1. The number of quaternary nitrogens is 1. The number of carbonyl (C=O) groups is 2. The fourth-order valence-electron chi connectivity index (χ4n) is 2.67. The molecule has 0 aliphatic carbocycles. The van der Waals surface area contributed by atoms with Gasteiger partial charge in [0.05, 0.1) is 37.6 Å². The lowest BCUT2D eigenvalue weighted by Gasteiger charge is -2.31. The first-order valence-electron chi connectivity index (χ1n) is 7.99. The Bertz CT molecular complexity index is 773. The molecule has 0 unspecified atom stereocenters. The van der Waals surface area contributed by atoms with Gasteiger partial charge in [0.1, 0.15) is 0 Å². The van der Waals surface area contributed by atoms with E-state index in [1.54, 1.807) is 0 Å². The van der Waals surface area contributed by atoms with E-state index in [4.69, 9.17) is 6.42 Å². The Balaban J connectivity index is 1.96. The number of benzene rings is 1. The third-order valence-electron chi connectivity index (χ3n) is 4.13. The Labute approximate surface area is 148 Å². The van der Waals surface area contributed by atoms with Crippen LogP contribution >= 0.6 is 0 Å². The predicted octanol–water partition coefficient (Wildman–Crippen LogP) is -1.47. The molecule has 1 saturated heterocycles. The first kappa shape index (κ1) is 19.1. The van der Waals surface area contributed by atoms with Crippen LogP contribution in [0.4, 0.5) is 0 Å². The number of nitrogens with zero attached hydrogens (tertiary/aromatic N) is 1. The zero-order valence-corrected chi connectivity index (χ0v) is 14.9. The Kier molecular flexibility index (Phi) is 6.31. The van der Waals surface area contributed by atoms with Crippen LogP contribution in [0.5, 0.6) is 0 Å². The highest BCUT2D eigenvalue weighted by molar-refractivity contribution is 7.89. The fraction of sp³-hybridized carbons (Fsp3) is 0.412. The highest BCUT2D eigenvalue weighted by atomic mass is 32.2. The Morgan fingerprint density at radius 1 is 1.24 bits per heavy atom. The molecule has 1 fully saturated rings. The van der Waals surface area contributed by atoms with Crippen molar-refractivity contribution in [2.75, 3.05) is 39.3 Å². The predicted molar refractivity (Wildman–Crippen MR) is 92.6 cm³/mol. The Morgan fingerprint density at radius 3 is 2.36 bits per heavy atom. The number of carbonyl (C=O) groups excluding carboxylic acids is 2. The standard InChI is InChI=1S/C17H21N3O4S/c1-3-8-18-17(22)13-19-9-11-20(12-10-19)25(23,24)16-6-4-15(5-7-16)14(2)21/h1,4-7H,8-13H2,2H3,(H,18,22)/p+1. The summed E-state index contributed by atoms with van der Waals surface area (Å²) in [5.74, 6) is 2.10. The normalized spacial score (nSPS) is 16.2. The fourth-order valence-corrected chi connectivity index (χ4v) is 4.11. The van der Waals surface area contributed by atoms with Gasteiger partial charge in [0.25, 0.3) is 5.91 Å². The Morgan fingerprint density at radius 2 is 1.84 bits per heavy atom. The molecule has 1 aliphatic heterocycles. The van der Waals surface area contributed by atoms with E-state index in [1.807, 2.05) is 0 Å². The maximum atomic E-state index is 12.7. The van der Waals surface area contributed by atoms with Crippen molar-refractivity contribution in [3.05, 3.63) is 29.8 Å². The summed E-state index contributed by atoms with van der Waals surface area (Å²) in [5.41, 5.74) is 0.478. The van der Waals surface area contributed by atoms with E-state index in [9.17, 15) is 18.0 Å². The topological polar surface area (TPSA) is 88.0 Å². The lowest BCUT2D eigenvalue weighted by Crippen LogP contribution is -3.15. The smallest absolute Gasteiger partial charge is 0.275 e. The second kappa shape index (κ2) is 8.25. The molecule has 0 radical (unpaired) electrons. The molecule has 134 valence electrons. The van der Waals surface area contributed by atoms with Crippen LogP contribution in [0.3, 0.4) is 0 Å². The van der Waals surface area contributed by atoms with Crippen molar-refractivity contribution in [2.24, 2.45) is 0 Å². The van der Waals surface area contributed by atoms with Crippen molar-refractivity contribution in [1.82, 2.24) is 9.62 Å². The zero-order chi connectivity index (χ0) is 18.4. The molecule has 2 N–H and O–H groups in total. The molecule has 0 saturated carbocycles. The number of rotatable bonds is 6. The molecule has 1 aliphatic rings. The van der Waals surface area contributed by atoms with Gasteiger partial charge in [-0.25, -0.2) is 8.42 Å². The molecular weight excluding hydrogens is 342 g/mol. The second-order valence-corrected chi connectivity index (χ2v) is 7.83. The molecule has 0 atom stereocenters. The van der Waals surface area contributed by atoms with Crippen LogP contribution in [0, 0.1) is 12.3 Å². The summed E-state index contributed by atoms with van der Waals surface area (Å²) in [6, 6.07) is 5.95. The van der Waals surface area contributed by atoms with Gasteiger partial charge in [0.15, 0.2) is 12.3 Å². The highest BCUT2D eigenvalue weighted by Gasteiger charge is 2.31. The average Bonchev–Trinajstić information content (AvgIpc) is 2.60. The monoisotopic (exact) mass is 364 g/mol. The van der Waals surface area contributed by atoms with E-state index in [0.717, 1.165) is 4.90 Å². The van der Waals surface area contributed by atoms with Gasteiger partial charge in [-0.2, -0.15) is 4.31 Å². The van der Waals surface area contributed by atoms with Crippen molar-refractivity contribution in [3.8, 4) is 12.3 Å². The van der Waals surface area contributed by atoms with Crippen LogP contribution < -0.4 is 10.2 Å². The molecule has 2 rings (SSSR count). The molecule has 1 amide bonds. The summed E-state index contributed by atoms with van der Waals surface area (Å²) < 4.78 is 26.8. The maximum Gasteiger partial charge on any atom is 0.275 e. The molecule has 1 aromatic rings. The van der Waals surface area contributed by atoms with Gasteiger partial charge in [-0.05, 0) is 19.1 Å². The SMILES string of the molecule is C#CCNC(=O)C[NH+]1CCN(S(=O)(=O)c2ccc(C(C)=O)cc2)CC1. The molecule has 0 spiro atoms. The molecule has 1 aromatic carbocycles. The van der Waals surface area contributed by atoms with Crippen LogP contribution in [0.15, 0.2) is 29.2 Å². The summed E-state index contributed by atoms with van der Waals surface area (Å²) >= 11 is 0. The van der Waals surface area contributed by atoms with E-state index < -0.39 is 10.0 Å². The van der Waals surface area contributed by atoms with Crippen LogP contribution in [0.2, 0.25) is 0 Å². The van der Waals surface area contributed by atoms with Gasteiger partial charge in [0.2, 0.25) is 10.0 Å². The number of ketones is 1. The van der Waals surface area contributed by atoms with Crippen LogP contribution in [0.1, 0.15) is 17.3 Å². The summed E-state index contributed by atoms with van der Waals surface area (Å²) in [7, 11) is -3.59. The minimum absolute atomic E-state index is 0.107. The lowest BCUT2D eigenvalue weighted by molar-refractivity contribution is -0.895. The van der Waals surface area contributed by atoms with Crippen molar-refractivity contribution in [1.29, 1.82) is 0 Å². The molecule has 8 heteroatoms. The number of Topliss-reactive ketones (excluding diaryl/α,β-unsaturated/α-hetero) is 1. The quantitative estimate of drug-likeness (QED) is 0.476. The summed E-state index contributed by atoms with van der Waals surface area (Å²) in [6.07, 6.45) is 5.09. The number of piperazine rings is 1. The molecule has 1 heterocycles. The van der Waals surface area contributed by atoms with Gasteiger partial charge in [-0.15, -0.1) is 6.42 Å². The molecular formula is C17H22N3O4S+. The average molecular weight is 364 g/mol. The molecule has 0 bridgehead atoms. The van der Waals surface area contributed by atoms with Crippen molar-refractivity contribution < 1.29 is 22.9 Å². The van der Waals surface area contributed by atoms with Gasteiger partial charge < -0.3 is 10.2 Å². The summed E-state index contributed by atoms with van der Waals surface area (Å²) in [6.45, 7) is 3.70. The minimum Gasteiger partial charge on any atom is -0.340 e. The second-order valence-electron chi connectivity index (χ2n) is 5.89. The van der Waals surface area contributed by atoms with E-state index in [-0.39, 0.29) is 29.7 Å². The van der Waals surface area contributed by atoms with Gasteiger partial charge in [-0.3, -0.25) is 9.59 Å². The van der Waals surface area contributed by atoms with E-state index >= 15 is 0 Å². The van der Waals surface area contributed by atoms with Crippen LogP contribution in [-0.4, -0.2) is 63.7 Å². The van der Waals surface area contributed by atoms with Crippen LogP contribution in [-0.2, 0) is 14.8 Å². The summed E-state index contributed by atoms with van der Waals surface area (Å²) in [5, 5.41) is 2.61. The maximum absolute atomic E-state index is 12.7. The van der Waals surface area contributed by atoms with Crippen molar-refractivity contribution in [2.45, 2.75) is 11.8 Å². The van der Waals surface area contributed by atoms with E-state index in [0.29, 0.717) is 31.7 Å². The van der Waals surface area contributed by atoms with Gasteiger partial charge in [0, 0.05) is 5.56 Å². The van der Waals surface area contributed by atoms with E-state index in [1.165, 1.54) is 35.5 Å².